The number of benzene rings is 1. The van der Waals surface area contributed by atoms with Gasteiger partial charge in [-0.15, -0.1) is 0 Å². The van der Waals surface area contributed by atoms with E-state index in [1.165, 1.54) is 10.6 Å². The Morgan fingerprint density at radius 3 is 2.33 bits per heavy atom. The first-order chi connectivity index (χ1) is 11.5. The highest BCUT2D eigenvalue weighted by molar-refractivity contribution is 7.89. The molecule has 24 heavy (non-hydrogen) atoms. The van der Waals surface area contributed by atoms with Gasteiger partial charge in [0.2, 0.25) is 15.9 Å². The van der Waals surface area contributed by atoms with Crippen molar-refractivity contribution in [3.8, 4) is 0 Å². The van der Waals surface area contributed by atoms with Crippen LogP contribution in [0.5, 0.6) is 0 Å². The maximum Gasteiger partial charge on any atom is 0.324 e. The number of piperazine rings is 1. The van der Waals surface area contributed by atoms with Crippen molar-refractivity contribution < 1.29 is 17.6 Å². The molecule has 128 valence electrons. The summed E-state index contributed by atoms with van der Waals surface area (Å²) < 4.78 is 31.7. The highest BCUT2D eigenvalue weighted by atomic mass is 32.2. The monoisotopic (exact) mass is 349 g/mol. The van der Waals surface area contributed by atoms with Crippen LogP contribution in [0, 0.1) is 6.92 Å². The number of hydrogen-bond donors (Lipinski definition) is 1. The summed E-state index contributed by atoms with van der Waals surface area (Å²) in [5, 5.41) is 2.64. The molecule has 1 saturated heterocycles. The van der Waals surface area contributed by atoms with E-state index in [4.69, 9.17) is 4.42 Å². The third-order valence-electron chi connectivity index (χ3n) is 3.94. The minimum absolute atomic E-state index is 0.266. The van der Waals surface area contributed by atoms with Crippen LogP contribution in [-0.2, 0) is 10.0 Å². The number of nitrogens with one attached hydrogen (secondary N) is 1. The summed E-state index contributed by atoms with van der Waals surface area (Å²) in [7, 11) is -3.52. The molecule has 0 bridgehead atoms. The number of anilines is 1. The molecule has 2 amide bonds. The molecular formula is C16H19N3O4S. The number of carbonyl (C=O) groups is 1. The summed E-state index contributed by atoms with van der Waals surface area (Å²) in [6, 6.07) is 9.82. The Labute approximate surface area is 140 Å². The summed E-state index contributed by atoms with van der Waals surface area (Å²) in [5.74, 6) is 0.370. The first-order valence-electron chi connectivity index (χ1n) is 7.63. The van der Waals surface area contributed by atoms with Gasteiger partial charge in [0.15, 0.2) is 0 Å². The van der Waals surface area contributed by atoms with Gasteiger partial charge in [-0.1, -0.05) is 17.7 Å². The molecule has 1 fully saturated rings. The molecule has 7 nitrogen and oxygen atoms in total. The second-order valence-electron chi connectivity index (χ2n) is 5.61. The van der Waals surface area contributed by atoms with Gasteiger partial charge in [-0.2, -0.15) is 4.31 Å². The number of sulfonamides is 1. The zero-order valence-electron chi connectivity index (χ0n) is 13.3. The Morgan fingerprint density at radius 2 is 1.75 bits per heavy atom. The van der Waals surface area contributed by atoms with Crippen LogP contribution in [0.4, 0.5) is 10.7 Å². The fraction of sp³-hybridized carbons (Fsp3) is 0.312. The van der Waals surface area contributed by atoms with Crippen LogP contribution < -0.4 is 5.32 Å². The van der Waals surface area contributed by atoms with Gasteiger partial charge in [0.05, 0.1) is 11.2 Å². The molecule has 0 radical (unpaired) electrons. The lowest BCUT2D eigenvalue weighted by molar-refractivity contribution is 0.184. The van der Waals surface area contributed by atoms with Crippen molar-refractivity contribution in [2.45, 2.75) is 11.8 Å². The predicted molar refractivity (Wildman–Crippen MR) is 89.2 cm³/mol. The van der Waals surface area contributed by atoms with Crippen LogP contribution in [0.2, 0.25) is 0 Å². The number of carbonyl (C=O) groups excluding carboxylic acids is 1. The summed E-state index contributed by atoms with van der Waals surface area (Å²) in [6.45, 7) is 3.10. The van der Waals surface area contributed by atoms with Crippen molar-refractivity contribution in [2.75, 3.05) is 31.5 Å². The Balaban J connectivity index is 1.62. The first-order valence-corrected chi connectivity index (χ1v) is 9.07. The lowest BCUT2D eigenvalue weighted by atomic mass is 10.2. The maximum absolute atomic E-state index is 12.6. The van der Waals surface area contributed by atoms with Gasteiger partial charge in [0.1, 0.15) is 0 Å². The summed E-state index contributed by atoms with van der Waals surface area (Å²) >= 11 is 0. The van der Waals surface area contributed by atoms with E-state index >= 15 is 0 Å². The smallest absolute Gasteiger partial charge is 0.324 e. The largest absolute Gasteiger partial charge is 0.449 e. The van der Waals surface area contributed by atoms with Crippen LogP contribution in [0.25, 0.3) is 0 Å². The van der Waals surface area contributed by atoms with E-state index in [9.17, 15) is 13.2 Å². The summed E-state index contributed by atoms with van der Waals surface area (Å²) in [4.78, 5) is 14.0. The van der Waals surface area contributed by atoms with Crippen LogP contribution in [0.15, 0.2) is 52.0 Å². The molecule has 0 unspecified atom stereocenters. The zero-order valence-corrected chi connectivity index (χ0v) is 14.1. The van der Waals surface area contributed by atoms with E-state index < -0.39 is 10.0 Å². The van der Waals surface area contributed by atoms with Crippen molar-refractivity contribution in [3.63, 3.8) is 0 Å². The average Bonchev–Trinajstić information content (AvgIpc) is 3.08. The molecule has 1 aromatic carbocycles. The molecule has 1 aliphatic rings. The molecule has 1 aromatic heterocycles. The Hall–Kier alpha value is -2.32. The third kappa shape index (κ3) is 3.44. The van der Waals surface area contributed by atoms with Gasteiger partial charge in [0.25, 0.3) is 0 Å². The Kier molecular flexibility index (Phi) is 4.59. The fourth-order valence-electron chi connectivity index (χ4n) is 2.52. The standard InChI is InChI=1S/C16H19N3O4S/c1-13-4-6-14(7-5-13)24(21,22)19-10-8-18(9-11-19)16(20)17-15-3-2-12-23-15/h2-7,12H,8-11H2,1H3,(H,17,20). The van der Waals surface area contributed by atoms with E-state index in [0.717, 1.165) is 5.56 Å². The van der Waals surface area contributed by atoms with E-state index in [-0.39, 0.29) is 24.0 Å². The lowest BCUT2D eigenvalue weighted by Gasteiger charge is -2.33. The van der Waals surface area contributed by atoms with Crippen LogP contribution in [-0.4, -0.2) is 49.8 Å². The molecule has 8 heteroatoms. The van der Waals surface area contributed by atoms with E-state index in [1.54, 1.807) is 41.3 Å². The summed E-state index contributed by atoms with van der Waals surface area (Å²) in [5.41, 5.74) is 1.01. The van der Waals surface area contributed by atoms with Crippen LogP contribution in [0.3, 0.4) is 0 Å². The number of urea groups is 1. The SMILES string of the molecule is Cc1ccc(S(=O)(=O)N2CCN(C(=O)Nc3ccco3)CC2)cc1. The Morgan fingerprint density at radius 1 is 1.08 bits per heavy atom. The molecule has 0 saturated carbocycles. The van der Waals surface area contributed by atoms with E-state index in [2.05, 4.69) is 5.32 Å². The summed E-state index contributed by atoms with van der Waals surface area (Å²) in [6.07, 6.45) is 1.47. The number of rotatable bonds is 3. The number of aryl methyl sites for hydroxylation is 1. The topological polar surface area (TPSA) is 82.9 Å². The van der Waals surface area contributed by atoms with Gasteiger partial charge >= 0.3 is 6.03 Å². The van der Waals surface area contributed by atoms with Crippen molar-refractivity contribution in [1.29, 1.82) is 0 Å². The second-order valence-corrected chi connectivity index (χ2v) is 7.55. The van der Waals surface area contributed by atoms with Gasteiger partial charge in [-0.05, 0) is 25.1 Å². The molecular weight excluding hydrogens is 330 g/mol. The molecule has 0 spiro atoms. The van der Waals surface area contributed by atoms with Crippen molar-refractivity contribution in [1.82, 2.24) is 9.21 Å². The fourth-order valence-corrected chi connectivity index (χ4v) is 3.95. The van der Waals surface area contributed by atoms with Crippen LogP contribution >= 0.6 is 0 Å². The van der Waals surface area contributed by atoms with Gasteiger partial charge < -0.3 is 9.32 Å². The molecule has 0 aliphatic carbocycles. The molecule has 3 rings (SSSR count). The zero-order chi connectivity index (χ0) is 17.2. The molecule has 0 atom stereocenters. The molecule has 1 N–H and O–H groups in total. The lowest BCUT2D eigenvalue weighted by Crippen LogP contribution is -2.51. The van der Waals surface area contributed by atoms with E-state index in [0.29, 0.717) is 19.0 Å². The minimum Gasteiger partial charge on any atom is -0.449 e. The Bertz CT molecular complexity index is 792. The number of hydrogen-bond acceptors (Lipinski definition) is 4. The highest BCUT2D eigenvalue weighted by Crippen LogP contribution is 2.18. The van der Waals surface area contributed by atoms with Crippen LogP contribution in [0.1, 0.15) is 5.56 Å². The normalized spacial score (nSPS) is 16.1. The molecule has 2 aromatic rings. The maximum atomic E-state index is 12.6. The van der Waals surface area contributed by atoms with E-state index in [1.807, 2.05) is 6.92 Å². The first kappa shape index (κ1) is 16.5. The highest BCUT2D eigenvalue weighted by Gasteiger charge is 2.30. The second kappa shape index (κ2) is 6.66. The van der Waals surface area contributed by atoms with Gasteiger partial charge in [-0.25, -0.2) is 13.2 Å². The molecule has 2 heterocycles. The van der Waals surface area contributed by atoms with Gasteiger partial charge in [-0.3, -0.25) is 5.32 Å². The quantitative estimate of drug-likeness (QED) is 0.920. The minimum atomic E-state index is -3.52. The third-order valence-corrected chi connectivity index (χ3v) is 5.85. The van der Waals surface area contributed by atoms with Crippen molar-refractivity contribution in [3.05, 3.63) is 48.2 Å². The number of amides is 2. The van der Waals surface area contributed by atoms with Crippen molar-refractivity contribution in [2.24, 2.45) is 0 Å². The number of furan rings is 1. The average molecular weight is 349 g/mol. The van der Waals surface area contributed by atoms with Crippen molar-refractivity contribution >= 4 is 21.9 Å². The number of nitrogens with zero attached hydrogens (tertiary/aromatic N) is 2. The van der Waals surface area contributed by atoms with Gasteiger partial charge in [0, 0.05) is 32.2 Å². The predicted octanol–water partition coefficient (Wildman–Crippen LogP) is 2.13. The molecule has 1 aliphatic heterocycles.